The monoisotopic (exact) mass is 555 g/mol. The number of rotatable bonds is 9. The summed E-state index contributed by atoms with van der Waals surface area (Å²) < 4.78 is 6.00. The minimum absolute atomic E-state index is 0.0178. The Morgan fingerprint density at radius 3 is 2.38 bits per heavy atom. The minimum Gasteiger partial charge on any atom is -0.477 e. The molecule has 0 unspecified atom stereocenters. The second-order valence-electron chi connectivity index (χ2n) is 11.5. The Hall–Kier alpha value is -3.12. The van der Waals surface area contributed by atoms with Gasteiger partial charge in [0.1, 0.15) is 11.0 Å². The number of hydrogen-bond donors (Lipinski definition) is 2. The van der Waals surface area contributed by atoms with Crippen molar-refractivity contribution in [2.75, 3.05) is 11.9 Å². The first-order valence-corrected chi connectivity index (χ1v) is 14.6. The van der Waals surface area contributed by atoms with E-state index in [1.54, 1.807) is 30.3 Å². The number of carboxylic acids is 1. The fraction of sp³-hybridized carbons (Fsp3) is 0.600. The first kappa shape index (κ1) is 30.4. The van der Waals surface area contributed by atoms with E-state index in [1.807, 2.05) is 20.8 Å². The van der Waals surface area contributed by atoms with Gasteiger partial charge in [0.2, 0.25) is 12.3 Å². The van der Waals surface area contributed by atoms with Gasteiger partial charge in [0.05, 0.1) is 10.6 Å². The van der Waals surface area contributed by atoms with Crippen molar-refractivity contribution in [3.05, 3.63) is 27.8 Å². The molecule has 0 bridgehead atoms. The molecule has 2 N–H and O–H groups in total. The van der Waals surface area contributed by atoms with Crippen molar-refractivity contribution in [2.24, 2.45) is 22.2 Å². The van der Waals surface area contributed by atoms with Gasteiger partial charge in [-0.1, -0.05) is 18.8 Å². The molecule has 0 aliphatic heterocycles. The fourth-order valence-corrected chi connectivity index (χ4v) is 5.99. The summed E-state index contributed by atoms with van der Waals surface area (Å²) in [5.74, 6) is 6.11. The third-order valence-corrected chi connectivity index (χ3v) is 8.24. The average Bonchev–Trinajstić information content (AvgIpc) is 3.31. The van der Waals surface area contributed by atoms with Crippen LogP contribution >= 0.6 is 11.3 Å². The van der Waals surface area contributed by atoms with Crippen LogP contribution in [0.1, 0.15) is 93.6 Å². The van der Waals surface area contributed by atoms with E-state index in [0.29, 0.717) is 54.5 Å². The molecule has 0 aromatic carbocycles. The van der Waals surface area contributed by atoms with Gasteiger partial charge in [-0.3, -0.25) is 19.9 Å². The molecule has 1 aromatic rings. The third kappa shape index (κ3) is 8.69. The number of carbonyl (C=O) groups excluding carboxylic acids is 2. The molecule has 0 saturated heterocycles. The molecule has 1 aromatic heterocycles. The van der Waals surface area contributed by atoms with E-state index in [9.17, 15) is 19.5 Å². The summed E-state index contributed by atoms with van der Waals surface area (Å²) >= 11 is 1.13. The van der Waals surface area contributed by atoms with E-state index in [4.69, 9.17) is 4.74 Å². The Kier molecular flexibility index (Phi) is 10.8. The SMILES string of the molecule is CN=CC=C(NC=O)OC1CCC(N(C(=O)C2CCC(C)CC2)c2cc(C#CC(C)(C)C)sc2C(=O)O)CC1. The van der Waals surface area contributed by atoms with Crippen molar-refractivity contribution in [2.45, 2.75) is 91.2 Å². The standard InChI is InChI=1S/C30H41N3O5S/c1-20-6-8-21(9-7-20)28(35)33(25-18-24(14-16-30(2,3)4)39-27(25)29(36)37)22-10-12-23(13-11-22)38-26(32-19-34)15-17-31-5/h15,17-23H,6-13H2,1-5H3,(H,32,34)(H,36,37). The number of nitrogens with zero attached hydrogens (tertiary/aromatic N) is 2. The lowest BCUT2D eigenvalue weighted by atomic mass is 9.81. The van der Waals surface area contributed by atoms with Crippen molar-refractivity contribution >= 4 is 41.5 Å². The van der Waals surface area contributed by atoms with Crippen LogP contribution in [-0.4, -0.2) is 48.8 Å². The van der Waals surface area contributed by atoms with Crippen LogP contribution in [0.5, 0.6) is 0 Å². The zero-order valence-corrected chi connectivity index (χ0v) is 24.5. The number of carbonyl (C=O) groups is 3. The molecule has 212 valence electrons. The molecule has 2 fully saturated rings. The predicted octanol–water partition coefficient (Wildman–Crippen LogP) is 5.62. The summed E-state index contributed by atoms with van der Waals surface area (Å²) in [6, 6.07) is 1.65. The molecule has 8 nitrogen and oxygen atoms in total. The Bertz CT molecular complexity index is 1140. The Morgan fingerprint density at radius 1 is 1.15 bits per heavy atom. The summed E-state index contributed by atoms with van der Waals surface area (Å²) in [7, 11) is 1.63. The number of hydrogen-bond acceptors (Lipinski definition) is 6. The van der Waals surface area contributed by atoms with Crippen molar-refractivity contribution in [1.29, 1.82) is 0 Å². The van der Waals surface area contributed by atoms with E-state index < -0.39 is 5.97 Å². The van der Waals surface area contributed by atoms with Crippen LogP contribution in [0.15, 0.2) is 23.0 Å². The van der Waals surface area contributed by atoms with E-state index in [0.717, 1.165) is 37.0 Å². The summed E-state index contributed by atoms with van der Waals surface area (Å²) in [5.41, 5.74) is 0.232. The maximum Gasteiger partial charge on any atom is 0.348 e. The second kappa shape index (κ2) is 13.8. The van der Waals surface area contributed by atoms with Gasteiger partial charge in [0, 0.05) is 36.7 Å². The van der Waals surface area contributed by atoms with E-state index in [2.05, 4.69) is 29.1 Å². The van der Waals surface area contributed by atoms with Crippen LogP contribution in [-0.2, 0) is 14.3 Å². The molecular formula is C30H41N3O5S. The van der Waals surface area contributed by atoms with Crippen LogP contribution in [0.4, 0.5) is 5.69 Å². The van der Waals surface area contributed by atoms with Crippen molar-refractivity contribution in [3.8, 4) is 11.8 Å². The maximum atomic E-state index is 14.1. The number of carboxylic acid groups (broad SMARTS) is 1. The number of thiophene rings is 1. The number of anilines is 1. The third-order valence-electron chi connectivity index (χ3n) is 7.21. The lowest BCUT2D eigenvalue weighted by Crippen LogP contribution is -2.47. The number of amides is 2. The molecule has 39 heavy (non-hydrogen) atoms. The molecule has 1 heterocycles. The molecule has 3 rings (SSSR count). The normalized spacial score (nSPS) is 24.0. The van der Waals surface area contributed by atoms with Gasteiger partial charge in [-0.2, -0.15) is 0 Å². The smallest absolute Gasteiger partial charge is 0.348 e. The minimum atomic E-state index is -1.04. The van der Waals surface area contributed by atoms with Crippen LogP contribution in [0.2, 0.25) is 0 Å². The fourth-order valence-electron chi connectivity index (χ4n) is 5.15. The molecule has 2 aliphatic rings. The van der Waals surface area contributed by atoms with Crippen LogP contribution < -0.4 is 10.2 Å². The molecule has 2 aliphatic carbocycles. The highest BCUT2D eigenvalue weighted by atomic mass is 32.1. The molecular weight excluding hydrogens is 514 g/mol. The number of nitrogens with one attached hydrogen (secondary N) is 1. The molecule has 0 atom stereocenters. The number of aromatic carboxylic acids is 1. The highest BCUT2D eigenvalue weighted by Crippen LogP contribution is 2.39. The summed E-state index contributed by atoms with van der Waals surface area (Å²) in [5, 5.41) is 12.7. The quantitative estimate of drug-likeness (QED) is 0.178. The van der Waals surface area contributed by atoms with Gasteiger partial charge in [-0.15, -0.1) is 11.3 Å². The number of aliphatic imine (C=N–C) groups is 1. The van der Waals surface area contributed by atoms with Crippen molar-refractivity contribution in [1.82, 2.24) is 5.32 Å². The first-order valence-electron chi connectivity index (χ1n) is 13.7. The topological polar surface area (TPSA) is 108 Å². The second-order valence-corrected chi connectivity index (χ2v) is 12.6. The lowest BCUT2D eigenvalue weighted by molar-refractivity contribution is -0.124. The summed E-state index contributed by atoms with van der Waals surface area (Å²) in [6.07, 6.45) is 9.89. The highest BCUT2D eigenvalue weighted by Gasteiger charge is 2.38. The Balaban J connectivity index is 1.90. The molecule has 2 saturated carbocycles. The van der Waals surface area contributed by atoms with Gasteiger partial charge in [0.15, 0.2) is 5.88 Å². The van der Waals surface area contributed by atoms with Gasteiger partial charge in [-0.25, -0.2) is 4.79 Å². The van der Waals surface area contributed by atoms with Gasteiger partial charge < -0.3 is 14.7 Å². The van der Waals surface area contributed by atoms with Crippen LogP contribution in [0, 0.1) is 29.1 Å². The van der Waals surface area contributed by atoms with Crippen LogP contribution in [0.3, 0.4) is 0 Å². The predicted molar refractivity (Wildman–Crippen MR) is 155 cm³/mol. The molecule has 2 amide bonds. The largest absolute Gasteiger partial charge is 0.477 e. The number of allylic oxidation sites excluding steroid dienone is 1. The van der Waals surface area contributed by atoms with Crippen molar-refractivity contribution in [3.63, 3.8) is 0 Å². The first-order chi connectivity index (χ1) is 18.5. The Labute approximate surface area is 235 Å². The number of ether oxygens (including phenoxy) is 1. The van der Waals surface area contributed by atoms with Gasteiger partial charge >= 0.3 is 5.97 Å². The summed E-state index contributed by atoms with van der Waals surface area (Å²) in [4.78, 5) is 43.9. The van der Waals surface area contributed by atoms with E-state index in [1.165, 1.54) is 0 Å². The van der Waals surface area contributed by atoms with E-state index in [-0.39, 0.29) is 34.3 Å². The Morgan fingerprint density at radius 2 is 1.82 bits per heavy atom. The zero-order chi connectivity index (χ0) is 28.6. The average molecular weight is 556 g/mol. The zero-order valence-electron chi connectivity index (χ0n) is 23.7. The molecule has 9 heteroatoms. The van der Waals surface area contributed by atoms with Gasteiger partial charge in [-0.05, 0) is 84.1 Å². The van der Waals surface area contributed by atoms with E-state index >= 15 is 0 Å². The molecule has 0 spiro atoms. The molecule has 0 radical (unpaired) electrons. The van der Waals surface area contributed by atoms with Crippen LogP contribution in [0.25, 0.3) is 0 Å². The van der Waals surface area contributed by atoms with Crippen molar-refractivity contribution < 1.29 is 24.2 Å². The van der Waals surface area contributed by atoms with Gasteiger partial charge in [0.25, 0.3) is 0 Å². The lowest BCUT2D eigenvalue weighted by Gasteiger charge is -2.39. The highest BCUT2D eigenvalue weighted by molar-refractivity contribution is 7.15. The summed E-state index contributed by atoms with van der Waals surface area (Å²) in [6.45, 7) is 8.24. The maximum absolute atomic E-state index is 14.1.